The number of rotatable bonds is 5. The van der Waals surface area contributed by atoms with Gasteiger partial charge in [0.2, 0.25) is 0 Å². The maximum absolute atomic E-state index is 13.0. The predicted molar refractivity (Wildman–Crippen MR) is 73.9 cm³/mol. The summed E-state index contributed by atoms with van der Waals surface area (Å²) in [5.74, 6) is -0.647. The molecule has 0 unspecified atom stereocenters. The van der Waals surface area contributed by atoms with Gasteiger partial charge in [0.25, 0.3) is 0 Å². The van der Waals surface area contributed by atoms with E-state index in [4.69, 9.17) is 0 Å². The molecule has 1 aromatic heterocycles. The number of hydrogen-bond donors (Lipinski definition) is 1. The Balaban J connectivity index is 0.00000200. The monoisotopic (exact) mass is 305 g/mol. The molecule has 0 fully saturated rings. The molecule has 0 amide bonds. The van der Waals surface area contributed by atoms with Crippen LogP contribution in [0.4, 0.5) is 19.0 Å². The molecule has 0 radical (unpaired) electrons. The minimum atomic E-state index is -0.614. The third kappa shape index (κ3) is 4.16. The van der Waals surface area contributed by atoms with Crippen LogP contribution >= 0.6 is 12.4 Å². The van der Waals surface area contributed by atoms with E-state index in [2.05, 4.69) is 10.4 Å². The summed E-state index contributed by atoms with van der Waals surface area (Å²) in [7, 11) is 0. The van der Waals surface area contributed by atoms with Gasteiger partial charge in [-0.3, -0.25) is 4.68 Å². The fraction of sp³-hybridized carbons (Fsp3) is 0.308. The minimum absolute atomic E-state index is 0. The average Bonchev–Trinajstić information content (AvgIpc) is 2.66. The van der Waals surface area contributed by atoms with E-state index in [9.17, 15) is 13.2 Å². The van der Waals surface area contributed by atoms with Crippen LogP contribution in [0, 0.1) is 18.6 Å². The van der Waals surface area contributed by atoms with E-state index in [-0.39, 0.29) is 25.5 Å². The summed E-state index contributed by atoms with van der Waals surface area (Å²) in [6.45, 7) is 1.78. The van der Waals surface area contributed by atoms with Gasteiger partial charge in [-0.15, -0.1) is 12.4 Å². The van der Waals surface area contributed by atoms with Crippen molar-refractivity contribution in [1.29, 1.82) is 0 Å². The molecule has 0 atom stereocenters. The number of alkyl halides is 1. The zero-order valence-corrected chi connectivity index (χ0v) is 11.7. The molecule has 1 N–H and O–H groups in total. The van der Waals surface area contributed by atoms with E-state index >= 15 is 0 Å². The maximum Gasteiger partial charge on any atom is 0.151 e. The predicted octanol–water partition coefficient (Wildman–Crippen LogP) is 3.47. The highest BCUT2D eigenvalue weighted by atomic mass is 35.5. The second-order valence-corrected chi connectivity index (χ2v) is 4.24. The largest absolute Gasteiger partial charge is 0.364 e. The Morgan fingerprint density at radius 3 is 2.45 bits per heavy atom. The van der Waals surface area contributed by atoms with Crippen molar-refractivity contribution in [3.8, 4) is 0 Å². The highest BCUT2D eigenvalue weighted by Gasteiger charge is 2.06. The first-order chi connectivity index (χ1) is 9.08. The van der Waals surface area contributed by atoms with Gasteiger partial charge < -0.3 is 5.32 Å². The van der Waals surface area contributed by atoms with Crippen molar-refractivity contribution in [2.75, 3.05) is 12.0 Å². The molecule has 0 spiro atoms. The lowest BCUT2D eigenvalue weighted by Gasteiger charge is -2.05. The number of nitrogens with one attached hydrogen (secondary N) is 1. The summed E-state index contributed by atoms with van der Waals surface area (Å²) in [5.41, 5.74) is 1.34. The molecule has 0 saturated carbocycles. The van der Waals surface area contributed by atoms with Crippen LogP contribution in [-0.2, 0) is 13.1 Å². The number of benzene rings is 1. The third-order valence-electron chi connectivity index (χ3n) is 2.64. The van der Waals surface area contributed by atoms with Gasteiger partial charge in [-0.2, -0.15) is 5.10 Å². The van der Waals surface area contributed by atoms with Crippen molar-refractivity contribution in [2.24, 2.45) is 0 Å². The Labute approximate surface area is 121 Å². The molecule has 2 aromatic rings. The molecule has 0 bridgehead atoms. The van der Waals surface area contributed by atoms with E-state index < -0.39 is 18.3 Å². The van der Waals surface area contributed by atoms with E-state index in [1.54, 1.807) is 6.20 Å². The average molecular weight is 306 g/mol. The van der Waals surface area contributed by atoms with Crippen LogP contribution in [0.1, 0.15) is 11.1 Å². The smallest absolute Gasteiger partial charge is 0.151 e. The second-order valence-electron chi connectivity index (χ2n) is 4.24. The fourth-order valence-corrected chi connectivity index (χ4v) is 1.80. The van der Waals surface area contributed by atoms with Crippen LogP contribution in [0.3, 0.4) is 0 Å². The van der Waals surface area contributed by atoms with Crippen molar-refractivity contribution >= 4 is 18.2 Å². The number of halogens is 4. The number of aryl methyl sites for hydroxylation is 2. The van der Waals surface area contributed by atoms with Gasteiger partial charge in [-0.1, -0.05) is 0 Å². The lowest BCUT2D eigenvalue weighted by atomic mass is 10.2. The van der Waals surface area contributed by atoms with Gasteiger partial charge in [0.05, 0.1) is 6.54 Å². The van der Waals surface area contributed by atoms with Gasteiger partial charge in [-0.25, -0.2) is 13.2 Å². The Kier molecular flexibility index (Phi) is 5.88. The Bertz CT molecular complexity index is 552. The molecular formula is C13H15ClF3N3. The second kappa shape index (κ2) is 7.19. The Morgan fingerprint density at radius 2 is 1.85 bits per heavy atom. The SMILES string of the molecule is Cc1cn(CCF)nc1NCc1cc(F)cc(F)c1.Cl. The lowest BCUT2D eigenvalue weighted by molar-refractivity contribution is 0.427. The number of hydrogen-bond acceptors (Lipinski definition) is 2. The summed E-state index contributed by atoms with van der Waals surface area (Å²) < 4.78 is 39.7. The van der Waals surface area contributed by atoms with Crippen molar-refractivity contribution in [3.63, 3.8) is 0 Å². The zero-order valence-electron chi connectivity index (χ0n) is 10.9. The van der Waals surface area contributed by atoms with Crippen LogP contribution in [0.15, 0.2) is 24.4 Å². The first-order valence-electron chi connectivity index (χ1n) is 5.87. The fourth-order valence-electron chi connectivity index (χ4n) is 1.80. The number of nitrogens with zero attached hydrogens (tertiary/aromatic N) is 2. The molecule has 110 valence electrons. The molecule has 0 saturated heterocycles. The molecule has 0 aliphatic carbocycles. The summed E-state index contributed by atoms with van der Waals surface area (Å²) in [6, 6.07) is 3.33. The number of anilines is 1. The minimum Gasteiger partial charge on any atom is -0.364 e. The lowest BCUT2D eigenvalue weighted by Crippen LogP contribution is -2.04. The Morgan fingerprint density at radius 1 is 1.20 bits per heavy atom. The van der Waals surface area contributed by atoms with Gasteiger partial charge in [0.15, 0.2) is 5.82 Å². The summed E-state index contributed by atoms with van der Waals surface area (Å²) in [4.78, 5) is 0. The van der Waals surface area contributed by atoms with Gasteiger partial charge >= 0.3 is 0 Å². The van der Waals surface area contributed by atoms with Crippen molar-refractivity contribution in [1.82, 2.24) is 9.78 Å². The topological polar surface area (TPSA) is 29.9 Å². The molecular weight excluding hydrogens is 291 g/mol. The summed E-state index contributed by atoms with van der Waals surface area (Å²) in [5, 5.41) is 7.11. The van der Waals surface area contributed by atoms with Crippen LogP contribution in [-0.4, -0.2) is 16.5 Å². The quantitative estimate of drug-likeness (QED) is 0.916. The normalized spacial score (nSPS) is 10.2. The molecule has 3 nitrogen and oxygen atoms in total. The molecule has 2 rings (SSSR count). The first-order valence-corrected chi connectivity index (χ1v) is 5.87. The van der Waals surface area contributed by atoms with Crippen LogP contribution in [0.2, 0.25) is 0 Å². The van der Waals surface area contributed by atoms with E-state index in [0.29, 0.717) is 11.4 Å². The molecule has 1 heterocycles. The van der Waals surface area contributed by atoms with Gasteiger partial charge in [0.1, 0.15) is 18.3 Å². The van der Waals surface area contributed by atoms with Crippen LogP contribution in [0.25, 0.3) is 0 Å². The molecule has 20 heavy (non-hydrogen) atoms. The van der Waals surface area contributed by atoms with Crippen molar-refractivity contribution < 1.29 is 13.2 Å². The maximum atomic E-state index is 13.0. The molecule has 0 aliphatic rings. The molecule has 7 heteroatoms. The third-order valence-corrected chi connectivity index (χ3v) is 2.64. The highest BCUT2D eigenvalue weighted by Crippen LogP contribution is 2.14. The highest BCUT2D eigenvalue weighted by molar-refractivity contribution is 5.85. The van der Waals surface area contributed by atoms with E-state index in [0.717, 1.165) is 11.6 Å². The molecule has 1 aromatic carbocycles. The van der Waals surface area contributed by atoms with Gasteiger partial charge in [0, 0.05) is 24.4 Å². The number of aromatic nitrogens is 2. The van der Waals surface area contributed by atoms with Crippen LogP contribution in [0.5, 0.6) is 0 Å². The molecule has 0 aliphatic heterocycles. The standard InChI is InChI=1S/C13H14F3N3.ClH/c1-9-8-19(3-2-14)18-13(9)17-7-10-4-11(15)6-12(16)5-10;/h4-6,8H,2-3,7H2,1H3,(H,17,18);1H. The zero-order chi connectivity index (χ0) is 13.8. The van der Waals surface area contributed by atoms with Crippen LogP contribution < -0.4 is 5.32 Å². The summed E-state index contributed by atoms with van der Waals surface area (Å²) >= 11 is 0. The summed E-state index contributed by atoms with van der Waals surface area (Å²) in [6.07, 6.45) is 1.72. The van der Waals surface area contributed by atoms with Crippen molar-refractivity contribution in [3.05, 3.63) is 47.2 Å². The van der Waals surface area contributed by atoms with Crippen molar-refractivity contribution in [2.45, 2.75) is 20.0 Å². The first kappa shape index (κ1) is 16.4. The van der Waals surface area contributed by atoms with E-state index in [1.165, 1.54) is 16.8 Å². The Hall–Kier alpha value is -1.69. The van der Waals surface area contributed by atoms with E-state index in [1.807, 2.05) is 6.92 Å². The van der Waals surface area contributed by atoms with Gasteiger partial charge in [-0.05, 0) is 24.6 Å².